The van der Waals surface area contributed by atoms with E-state index in [0.717, 1.165) is 0 Å². The summed E-state index contributed by atoms with van der Waals surface area (Å²) in [5.41, 5.74) is 4.11. The minimum Gasteiger partial charge on any atom is -0.204 e. The van der Waals surface area contributed by atoms with Crippen molar-refractivity contribution in [1.29, 1.82) is 0 Å². The van der Waals surface area contributed by atoms with Gasteiger partial charge in [-0.05, 0) is 11.6 Å². The third-order valence-electron chi connectivity index (χ3n) is 2.98. The van der Waals surface area contributed by atoms with E-state index >= 15 is 0 Å². The molecule has 0 atom stereocenters. The number of pyridine rings is 1. The standard InChI is InChI=1S/C16H20N/c1-16(2,3)15-14(11-8-12-17(15)4)13-9-6-5-7-10-13/h5-12H,1-4H3/q+1. The molecular weight excluding hydrogens is 206 g/mol. The molecule has 1 heteroatoms. The Hall–Kier alpha value is -1.63. The van der Waals surface area contributed by atoms with Gasteiger partial charge in [0.2, 0.25) is 0 Å². The zero-order chi connectivity index (χ0) is 12.5. The van der Waals surface area contributed by atoms with Crippen molar-refractivity contribution in [2.24, 2.45) is 7.05 Å². The SMILES string of the molecule is C[n+]1cccc(-c2ccccc2)c1C(C)(C)C. The van der Waals surface area contributed by atoms with Crippen LogP contribution in [-0.2, 0) is 12.5 Å². The maximum Gasteiger partial charge on any atom is 0.194 e. The molecule has 0 radical (unpaired) electrons. The summed E-state index contributed by atoms with van der Waals surface area (Å²) in [6.45, 7) is 6.78. The molecule has 0 saturated heterocycles. The molecule has 0 aliphatic rings. The lowest BCUT2D eigenvalue weighted by Crippen LogP contribution is -2.39. The topological polar surface area (TPSA) is 3.88 Å². The van der Waals surface area contributed by atoms with E-state index in [4.69, 9.17) is 0 Å². The molecule has 0 aliphatic heterocycles. The van der Waals surface area contributed by atoms with E-state index in [-0.39, 0.29) is 5.41 Å². The van der Waals surface area contributed by atoms with E-state index in [1.807, 2.05) is 0 Å². The Morgan fingerprint density at radius 1 is 0.882 bits per heavy atom. The number of hydrogen-bond acceptors (Lipinski definition) is 0. The van der Waals surface area contributed by atoms with Crippen LogP contribution in [0.15, 0.2) is 48.7 Å². The van der Waals surface area contributed by atoms with Gasteiger partial charge < -0.3 is 0 Å². The van der Waals surface area contributed by atoms with Gasteiger partial charge in [-0.15, -0.1) is 0 Å². The predicted octanol–water partition coefficient (Wildman–Crippen LogP) is 3.48. The van der Waals surface area contributed by atoms with Crippen molar-refractivity contribution in [1.82, 2.24) is 0 Å². The number of benzene rings is 1. The van der Waals surface area contributed by atoms with Gasteiger partial charge in [-0.3, -0.25) is 0 Å². The zero-order valence-electron chi connectivity index (χ0n) is 11.1. The molecule has 1 aromatic heterocycles. The smallest absolute Gasteiger partial charge is 0.194 e. The van der Waals surface area contributed by atoms with E-state index in [2.05, 4.69) is 81.0 Å². The monoisotopic (exact) mass is 226 g/mol. The molecule has 1 heterocycles. The molecule has 17 heavy (non-hydrogen) atoms. The number of aromatic nitrogens is 1. The van der Waals surface area contributed by atoms with Crippen LogP contribution in [0.3, 0.4) is 0 Å². The maximum atomic E-state index is 2.26. The number of rotatable bonds is 1. The third kappa shape index (κ3) is 2.38. The predicted molar refractivity (Wildman–Crippen MR) is 71.8 cm³/mol. The first kappa shape index (κ1) is 11.8. The lowest BCUT2D eigenvalue weighted by Gasteiger charge is -2.19. The van der Waals surface area contributed by atoms with Crippen LogP contribution in [-0.4, -0.2) is 0 Å². The summed E-state index contributed by atoms with van der Waals surface area (Å²) in [7, 11) is 2.12. The molecule has 0 saturated carbocycles. The van der Waals surface area contributed by atoms with Crippen molar-refractivity contribution in [3.8, 4) is 11.1 Å². The van der Waals surface area contributed by atoms with Crippen LogP contribution in [0.2, 0.25) is 0 Å². The van der Waals surface area contributed by atoms with E-state index in [0.29, 0.717) is 0 Å². The minimum absolute atomic E-state index is 0.140. The van der Waals surface area contributed by atoms with E-state index in [1.54, 1.807) is 0 Å². The van der Waals surface area contributed by atoms with Gasteiger partial charge in [0, 0.05) is 17.0 Å². The van der Waals surface area contributed by atoms with Crippen molar-refractivity contribution >= 4 is 0 Å². The molecular formula is C16H20N+. The van der Waals surface area contributed by atoms with Crippen LogP contribution in [0.5, 0.6) is 0 Å². The fraction of sp³-hybridized carbons (Fsp3) is 0.312. The molecule has 2 aromatic rings. The van der Waals surface area contributed by atoms with Gasteiger partial charge in [-0.2, -0.15) is 0 Å². The van der Waals surface area contributed by atoms with Gasteiger partial charge in [-0.25, -0.2) is 4.57 Å². The first-order chi connectivity index (χ1) is 8.00. The summed E-state index contributed by atoms with van der Waals surface area (Å²) in [4.78, 5) is 0. The van der Waals surface area contributed by atoms with Crippen LogP contribution >= 0.6 is 0 Å². The van der Waals surface area contributed by atoms with Crippen LogP contribution in [0.1, 0.15) is 26.5 Å². The van der Waals surface area contributed by atoms with Crippen molar-refractivity contribution in [3.63, 3.8) is 0 Å². The fourth-order valence-corrected chi connectivity index (χ4v) is 2.40. The molecule has 0 aliphatic carbocycles. The van der Waals surface area contributed by atoms with Gasteiger partial charge in [0.25, 0.3) is 0 Å². The van der Waals surface area contributed by atoms with Gasteiger partial charge >= 0.3 is 0 Å². The van der Waals surface area contributed by atoms with E-state index in [1.165, 1.54) is 16.8 Å². The lowest BCUT2D eigenvalue weighted by atomic mass is 9.86. The highest BCUT2D eigenvalue weighted by Gasteiger charge is 2.27. The Kier molecular flexibility index (Phi) is 3.01. The Labute approximate surface area is 104 Å². The van der Waals surface area contributed by atoms with Gasteiger partial charge in [-0.1, -0.05) is 51.1 Å². The van der Waals surface area contributed by atoms with Crippen LogP contribution < -0.4 is 4.57 Å². The Balaban J connectivity index is 2.67. The third-order valence-corrected chi connectivity index (χ3v) is 2.98. The average molecular weight is 226 g/mol. The molecule has 0 unspecified atom stereocenters. The quantitative estimate of drug-likeness (QED) is 0.655. The normalized spacial score (nSPS) is 11.5. The van der Waals surface area contributed by atoms with Gasteiger partial charge in [0.1, 0.15) is 7.05 Å². The summed E-state index contributed by atoms with van der Waals surface area (Å²) < 4.78 is 2.22. The molecule has 2 rings (SSSR count). The molecule has 1 aromatic carbocycles. The van der Waals surface area contributed by atoms with E-state index in [9.17, 15) is 0 Å². The van der Waals surface area contributed by atoms with Gasteiger partial charge in [0.05, 0.1) is 0 Å². The summed E-state index contributed by atoms with van der Waals surface area (Å²) in [6, 6.07) is 14.9. The Bertz CT molecular complexity index is 507. The first-order valence-electron chi connectivity index (χ1n) is 6.05. The summed E-state index contributed by atoms with van der Waals surface area (Å²) in [6.07, 6.45) is 2.12. The second-order valence-electron chi connectivity index (χ2n) is 5.50. The van der Waals surface area contributed by atoms with Crippen LogP contribution in [0.4, 0.5) is 0 Å². The van der Waals surface area contributed by atoms with Crippen molar-refractivity contribution < 1.29 is 4.57 Å². The van der Waals surface area contributed by atoms with Crippen LogP contribution in [0.25, 0.3) is 11.1 Å². The second kappa shape index (κ2) is 4.33. The number of aryl methyl sites for hydroxylation is 1. The number of hydrogen-bond donors (Lipinski definition) is 0. The summed E-state index contributed by atoms with van der Waals surface area (Å²) in [5.74, 6) is 0. The van der Waals surface area contributed by atoms with Crippen molar-refractivity contribution in [2.45, 2.75) is 26.2 Å². The molecule has 0 fully saturated rings. The fourth-order valence-electron chi connectivity index (χ4n) is 2.40. The highest BCUT2D eigenvalue weighted by Crippen LogP contribution is 2.29. The molecule has 0 amide bonds. The Morgan fingerprint density at radius 3 is 2.12 bits per heavy atom. The number of nitrogens with zero attached hydrogens (tertiary/aromatic N) is 1. The highest BCUT2D eigenvalue weighted by molar-refractivity contribution is 5.65. The molecule has 1 nitrogen and oxygen atoms in total. The molecule has 0 spiro atoms. The molecule has 0 bridgehead atoms. The maximum absolute atomic E-state index is 2.26. The lowest BCUT2D eigenvalue weighted by molar-refractivity contribution is -0.681. The minimum atomic E-state index is 0.140. The molecule has 0 N–H and O–H groups in total. The Morgan fingerprint density at radius 2 is 1.53 bits per heavy atom. The summed E-state index contributed by atoms with van der Waals surface area (Å²) in [5, 5.41) is 0. The molecule has 88 valence electrons. The van der Waals surface area contributed by atoms with Crippen molar-refractivity contribution in [2.75, 3.05) is 0 Å². The largest absolute Gasteiger partial charge is 0.204 e. The summed E-state index contributed by atoms with van der Waals surface area (Å²) >= 11 is 0. The average Bonchev–Trinajstić information content (AvgIpc) is 2.28. The van der Waals surface area contributed by atoms with Crippen molar-refractivity contribution in [3.05, 3.63) is 54.4 Å². The van der Waals surface area contributed by atoms with Gasteiger partial charge in [0.15, 0.2) is 11.9 Å². The zero-order valence-corrected chi connectivity index (χ0v) is 11.1. The first-order valence-corrected chi connectivity index (χ1v) is 6.05. The van der Waals surface area contributed by atoms with E-state index < -0.39 is 0 Å². The highest BCUT2D eigenvalue weighted by atomic mass is 14.9. The van der Waals surface area contributed by atoms with Crippen LogP contribution in [0, 0.1) is 0 Å². The second-order valence-corrected chi connectivity index (χ2v) is 5.50.